The highest BCUT2D eigenvalue weighted by Gasteiger charge is 2.70. The van der Waals surface area contributed by atoms with E-state index >= 15 is 0 Å². The number of esters is 3. The lowest BCUT2D eigenvalue weighted by molar-refractivity contribution is -0.186. The Labute approximate surface area is 181 Å². The second-order valence-corrected chi connectivity index (χ2v) is 10.8. The van der Waals surface area contributed by atoms with Crippen LogP contribution in [0.3, 0.4) is 0 Å². The second kappa shape index (κ2) is 6.47. The van der Waals surface area contributed by atoms with Gasteiger partial charge in [0.1, 0.15) is 18.3 Å². The number of ether oxygens (including phenoxy) is 3. The topological polar surface area (TPSA) is 78.9 Å². The van der Waals surface area contributed by atoms with Gasteiger partial charge >= 0.3 is 17.9 Å². The summed E-state index contributed by atoms with van der Waals surface area (Å²) in [5.41, 5.74) is -0.127. The Morgan fingerprint density at radius 2 is 1.90 bits per heavy atom. The van der Waals surface area contributed by atoms with Crippen molar-refractivity contribution in [3.05, 3.63) is 11.6 Å². The Bertz CT molecular complexity index is 853. The van der Waals surface area contributed by atoms with E-state index in [1.54, 1.807) is 0 Å². The first kappa shape index (κ1) is 20.3. The summed E-state index contributed by atoms with van der Waals surface area (Å²) in [6.45, 7) is 6.10. The fraction of sp³-hybridized carbons (Fsp3) is 0.783. The van der Waals surface area contributed by atoms with E-state index in [0.717, 1.165) is 37.7 Å². The third kappa shape index (κ3) is 2.52. The van der Waals surface area contributed by atoms with E-state index in [1.165, 1.54) is 13.0 Å². The molecule has 2 heterocycles. The molecule has 4 fully saturated rings. The van der Waals surface area contributed by atoms with Crippen LogP contribution in [0.25, 0.3) is 0 Å². The van der Waals surface area contributed by atoms with E-state index in [4.69, 9.17) is 25.8 Å². The third-order valence-corrected chi connectivity index (χ3v) is 9.68. The minimum absolute atomic E-state index is 0.0350. The number of fused-ring (bicyclic) bond motifs is 6. The summed E-state index contributed by atoms with van der Waals surface area (Å²) in [7, 11) is 0. The van der Waals surface area contributed by atoms with Crippen LogP contribution in [0, 0.1) is 28.6 Å². The molecule has 0 aromatic rings. The third-order valence-electron chi connectivity index (χ3n) is 9.20. The number of alkyl halides is 1. The Hall–Kier alpha value is -1.56. The average Bonchev–Trinajstić information content (AvgIpc) is 3.20. The maximum Gasteiger partial charge on any atom is 0.330 e. The number of rotatable bonds is 1. The van der Waals surface area contributed by atoms with Crippen molar-refractivity contribution in [3.63, 3.8) is 0 Å². The van der Waals surface area contributed by atoms with Gasteiger partial charge in [0.2, 0.25) is 0 Å². The molecule has 7 heteroatoms. The lowest BCUT2D eigenvalue weighted by Gasteiger charge is -2.61. The van der Waals surface area contributed by atoms with Crippen LogP contribution in [-0.4, -0.2) is 41.6 Å². The molecule has 30 heavy (non-hydrogen) atoms. The molecule has 1 saturated heterocycles. The zero-order valence-corrected chi connectivity index (χ0v) is 18.5. The zero-order valence-electron chi connectivity index (χ0n) is 17.7. The standard InChI is InChI=1S/C23H29ClO6/c1-12(25)29-20-18-13(21(2)11-28-17(27)10-15(21)19(20)24)4-7-22(3)14(18)5-8-23(22)9-6-16(26)30-23/h10,13-14,18-20H,4-9,11H2,1-3H3/t13-,14-,18+,19-,20-,21+,22-,23+/m0/s1. The molecule has 2 aliphatic heterocycles. The SMILES string of the molecule is CC(=O)O[C@H]1[C@@H]2[C@H](CC[C@@]3(C)[C@H]2CC[C@@]32CCC(=O)O2)[C@@]2(C)COC(=O)C=C2[C@@H]1Cl. The Balaban J connectivity index is 1.59. The number of hydrogen-bond donors (Lipinski definition) is 0. The van der Waals surface area contributed by atoms with E-state index in [2.05, 4.69) is 13.8 Å². The summed E-state index contributed by atoms with van der Waals surface area (Å²) in [5, 5.41) is -0.571. The van der Waals surface area contributed by atoms with Gasteiger partial charge in [0.15, 0.2) is 0 Å². The molecule has 164 valence electrons. The van der Waals surface area contributed by atoms with Gasteiger partial charge < -0.3 is 14.2 Å². The molecule has 0 aromatic carbocycles. The van der Waals surface area contributed by atoms with Gasteiger partial charge in [-0.1, -0.05) is 13.8 Å². The van der Waals surface area contributed by atoms with Gasteiger partial charge in [0.05, 0.1) is 5.38 Å². The van der Waals surface area contributed by atoms with Crippen molar-refractivity contribution in [2.45, 2.75) is 76.4 Å². The van der Waals surface area contributed by atoms with Gasteiger partial charge in [-0.2, -0.15) is 0 Å². The first-order chi connectivity index (χ1) is 14.1. The first-order valence-corrected chi connectivity index (χ1v) is 11.5. The van der Waals surface area contributed by atoms with Crippen molar-refractivity contribution in [2.24, 2.45) is 28.6 Å². The maximum atomic E-state index is 12.1. The lowest BCUT2D eigenvalue weighted by Crippen LogP contribution is -2.62. The van der Waals surface area contributed by atoms with Crippen LogP contribution in [0.2, 0.25) is 0 Å². The minimum atomic E-state index is -0.571. The highest BCUT2D eigenvalue weighted by atomic mass is 35.5. The fourth-order valence-electron chi connectivity index (χ4n) is 7.75. The molecule has 5 aliphatic rings. The summed E-state index contributed by atoms with van der Waals surface area (Å²) >= 11 is 6.95. The molecule has 0 amide bonds. The van der Waals surface area contributed by atoms with Crippen LogP contribution in [0.15, 0.2) is 11.6 Å². The van der Waals surface area contributed by atoms with Crippen LogP contribution in [0.5, 0.6) is 0 Å². The quantitative estimate of drug-likeness (QED) is 0.355. The van der Waals surface area contributed by atoms with E-state index in [0.29, 0.717) is 13.0 Å². The molecular formula is C23H29ClO6. The molecule has 8 atom stereocenters. The molecule has 5 rings (SSSR count). The molecule has 6 nitrogen and oxygen atoms in total. The van der Waals surface area contributed by atoms with E-state index in [1.807, 2.05) is 0 Å². The molecule has 0 unspecified atom stereocenters. The first-order valence-electron chi connectivity index (χ1n) is 11.0. The van der Waals surface area contributed by atoms with Crippen LogP contribution >= 0.6 is 11.6 Å². The normalized spacial score (nSPS) is 49.5. The fourth-order valence-corrected chi connectivity index (χ4v) is 8.28. The average molecular weight is 437 g/mol. The van der Waals surface area contributed by atoms with Crippen molar-refractivity contribution >= 4 is 29.5 Å². The Morgan fingerprint density at radius 3 is 2.57 bits per heavy atom. The van der Waals surface area contributed by atoms with Crippen molar-refractivity contribution in [1.82, 2.24) is 0 Å². The number of carbonyl (C=O) groups excluding carboxylic acids is 3. The molecule has 1 spiro atoms. The van der Waals surface area contributed by atoms with Crippen LogP contribution in [0.4, 0.5) is 0 Å². The van der Waals surface area contributed by atoms with Gasteiger partial charge in [-0.15, -0.1) is 11.6 Å². The van der Waals surface area contributed by atoms with Crippen molar-refractivity contribution in [3.8, 4) is 0 Å². The largest absolute Gasteiger partial charge is 0.462 e. The van der Waals surface area contributed by atoms with Gasteiger partial charge in [-0.25, -0.2) is 4.79 Å². The number of halogens is 1. The second-order valence-electron chi connectivity index (χ2n) is 10.4. The summed E-state index contributed by atoms with van der Waals surface area (Å²) < 4.78 is 17.3. The maximum absolute atomic E-state index is 12.1. The van der Waals surface area contributed by atoms with Gasteiger partial charge in [-0.05, 0) is 49.5 Å². The Kier molecular flexibility index (Phi) is 4.39. The molecule has 3 saturated carbocycles. The summed E-state index contributed by atoms with van der Waals surface area (Å²) in [4.78, 5) is 36.1. The van der Waals surface area contributed by atoms with Crippen molar-refractivity contribution in [2.75, 3.05) is 6.61 Å². The van der Waals surface area contributed by atoms with Crippen LogP contribution < -0.4 is 0 Å². The highest BCUT2D eigenvalue weighted by Crippen LogP contribution is 2.69. The molecule has 0 aromatic heterocycles. The van der Waals surface area contributed by atoms with E-state index < -0.39 is 17.1 Å². The molecular weight excluding hydrogens is 408 g/mol. The zero-order chi connectivity index (χ0) is 21.5. The smallest absolute Gasteiger partial charge is 0.330 e. The van der Waals surface area contributed by atoms with Gasteiger partial charge in [-0.3, -0.25) is 9.59 Å². The minimum Gasteiger partial charge on any atom is -0.462 e. The van der Waals surface area contributed by atoms with Gasteiger partial charge in [0.25, 0.3) is 0 Å². The van der Waals surface area contributed by atoms with E-state index in [-0.39, 0.29) is 46.5 Å². The lowest BCUT2D eigenvalue weighted by atomic mass is 9.46. The van der Waals surface area contributed by atoms with Crippen molar-refractivity contribution < 1.29 is 28.6 Å². The number of carbonyl (C=O) groups is 3. The predicted octanol–water partition coefficient (Wildman–Crippen LogP) is 3.55. The molecule has 0 N–H and O–H groups in total. The number of hydrogen-bond acceptors (Lipinski definition) is 6. The predicted molar refractivity (Wildman–Crippen MR) is 107 cm³/mol. The molecule has 3 aliphatic carbocycles. The Morgan fingerprint density at radius 1 is 1.17 bits per heavy atom. The molecule has 0 bridgehead atoms. The monoisotopic (exact) mass is 436 g/mol. The summed E-state index contributed by atoms with van der Waals surface area (Å²) in [5.74, 6) is -0.408. The van der Waals surface area contributed by atoms with Crippen LogP contribution in [-0.2, 0) is 28.6 Å². The van der Waals surface area contributed by atoms with E-state index in [9.17, 15) is 14.4 Å². The summed E-state index contributed by atoms with van der Waals surface area (Å²) in [6, 6.07) is 0. The highest BCUT2D eigenvalue weighted by molar-refractivity contribution is 6.23. The van der Waals surface area contributed by atoms with Crippen molar-refractivity contribution in [1.29, 1.82) is 0 Å². The number of cyclic esters (lactones) is 1. The summed E-state index contributed by atoms with van der Waals surface area (Å²) in [6.07, 6.45) is 5.83. The van der Waals surface area contributed by atoms with Crippen LogP contribution in [0.1, 0.15) is 59.3 Å². The van der Waals surface area contributed by atoms with Gasteiger partial charge in [0, 0.05) is 36.2 Å². The molecule has 0 radical (unpaired) electrons.